The highest BCUT2D eigenvalue weighted by Gasteiger charge is 2.12. The number of nitrogens with zero attached hydrogens (tertiary/aromatic N) is 2. The Balaban J connectivity index is 1.61. The van der Waals surface area contributed by atoms with Crippen LogP contribution in [0.5, 0.6) is 11.6 Å². The molecule has 0 bridgehead atoms. The molecule has 28 heavy (non-hydrogen) atoms. The van der Waals surface area contributed by atoms with Crippen molar-refractivity contribution in [3.63, 3.8) is 0 Å². The second-order valence-electron chi connectivity index (χ2n) is 6.92. The molecule has 0 spiro atoms. The molecule has 0 unspecified atom stereocenters. The first kappa shape index (κ1) is 17.8. The maximum absolute atomic E-state index is 6.29. The highest BCUT2D eigenvalue weighted by atomic mass is 16.5. The first-order valence-corrected chi connectivity index (χ1v) is 9.25. The molecule has 1 aromatic heterocycles. The Kier molecular flexibility index (Phi) is 4.81. The van der Waals surface area contributed by atoms with Crippen molar-refractivity contribution in [1.29, 1.82) is 0 Å². The predicted octanol–water partition coefficient (Wildman–Crippen LogP) is 5.87. The van der Waals surface area contributed by atoms with E-state index in [-0.39, 0.29) is 0 Å². The Bertz CT molecular complexity index is 1100. The lowest BCUT2D eigenvalue weighted by atomic mass is 10.0. The van der Waals surface area contributed by atoms with Crippen molar-refractivity contribution in [3.8, 4) is 11.6 Å². The van der Waals surface area contributed by atoms with Gasteiger partial charge in [0.15, 0.2) is 5.82 Å². The highest BCUT2D eigenvalue weighted by Crippen LogP contribution is 2.34. The van der Waals surface area contributed by atoms with Crippen LogP contribution in [0, 0.1) is 0 Å². The molecule has 0 saturated heterocycles. The standard InChI is InChI=1S/C23H22N4O/c1-15(2)16-10-12-18(13-11-16)27-22-21(24)23(26-14-25-22)28-20-9-5-7-17-6-3-4-8-19(17)20/h3-15H,24H2,1-2H3,(H,25,26,27). The second kappa shape index (κ2) is 7.56. The average molecular weight is 370 g/mol. The molecule has 0 aliphatic heterocycles. The molecule has 0 aliphatic rings. The van der Waals surface area contributed by atoms with Gasteiger partial charge in [0, 0.05) is 11.1 Å². The van der Waals surface area contributed by atoms with Crippen LogP contribution in [0.15, 0.2) is 73.1 Å². The molecule has 5 nitrogen and oxygen atoms in total. The van der Waals surface area contributed by atoms with Gasteiger partial charge >= 0.3 is 0 Å². The number of nitrogens with one attached hydrogen (secondary N) is 1. The lowest BCUT2D eigenvalue weighted by Crippen LogP contribution is -2.03. The number of ether oxygens (including phenoxy) is 1. The van der Waals surface area contributed by atoms with Gasteiger partial charge in [-0.05, 0) is 35.1 Å². The molecule has 0 aliphatic carbocycles. The van der Waals surface area contributed by atoms with Gasteiger partial charge in [0.25, 0.3) is 0 Å². The summed E-state index contributed by atoms with van der Waals surface area (Å²) in [4.78, 5) is 8.49. The van der Waals surface area contributed by atoms with Crippen molar-refractivity contribution < 1.29 is 4.74 Å². The van der Waals surface area contributed by atoms with Gasteiger partial charge in [0.2, 0.25) is 5.88 Å². The maximum atomic E-state index is 6.29. The Hall–Kier alpha value is -3.60. The fourth-order valence-corrected chi connectivity index (χ4v) is 3.04. The van der Waals surface area contributed by atoms with Crippen LogP contribution in [-0.2, 0) is 0 Å². The summed E-state index contributed by atoms with van der Waals surface area (Å²) in [5.41, 5.74) is 8.84. The van der Waals surface area contributed by atoms with E-state index in [0.717, 1.165) is 16.5 Å². The van der Waals surface area contributed by atoms with E-state index >= 15 is 0 Å². The van der Waals surface area contributed by atoms with Crippen molar-refractivity contribution in [2.24, 2.45) is 0 Å². The lowest BCUT2D eigenvalue weighted by Gasteiger charge is -2.13. The third kappa shape index (κ3) is 3.60. The summed E-state index contributed by atoms with van der Waals surface area (Å²) >= 11 is 0. The van der Waals surface area contributed by atoms with Crippen molar-refractivity contribution in [2.45, 2.75) is 19.8 Å². The van der Waals surface area contributed by atoms with Gasteiger partial charge in [-0.25, -0.2) is 4.98 Å². The van der Waals surface area contributed by atoms with Crippen LogP contribution in [0.2, 0.25) is 0 Å². The number of fused-ring (bicyclic) bond motifs is 1. The van der Waals surface area contributed by atoms with Gasteiger partial charge in [0.05, 0.1) is 0 Å². The topological polar surface area (TPSA) is 73.1 Å². The van der Waals surface area contributed by atoms with Crippen LogP contribution in [0.1, 0.15) is 25.3 Å². The molecule has 0 saturated carbocycles. The van der Waals surface area contributed by atoms with Crippen LogP contribution in [0.4, 0.5) is 17.2 Å². The number of nitrogens with two attached hydrogens (primary N) is 1. The van der Waals surface area contributed by atoms with E-state index in [1.165, 1.54) is 11.9 Å². The molecule has 5 heteroatoms. The Morgan fingerprint density at radius 2 is 1.64 bits per heavy atom. The van der Waals surface area contributed by atoms with E-state index in [0.29, 0.717) is 29.1 Å². The van der Waals surface area contributed by atoms with Crippen LogP contribution >= 0.6 is 0 Å². The number of rotatable bonds is 5. The molecule has 3 aromatic carbocycles. The largest absolute Gasteiger partial charge is 0.436 e. The van der Waals surface area contributed by atoms with E-state index in [2.05, 4.69) is 41.3 Å². The summed E-state index contributed by atoms with van der Waals surface area (Å²) in [6, 6.07) is 22.1. The van der Waals surface area contributed by atoms with E-state index < -0.39 is 0 Å². The summed E-state index contributed by atoms with van der Waals surface area (Å²) < 4.78 is 6.04. The maximum Gasteiger partial charge on any atom is 0.248 e. The number of benzene rings is 3. The molecule has 0 atom stereocenters. The quantitative estimate of drug-likeness (QED) is 0.459. The number of hydrogen-bond donors (Lipinski definition) is 2. The van der Waals surface area contributed by atoms with Gasteiger partial charge in [-0.1, -0.05) is 62.4 Å². The first-order chi connectivity index (χ1) is 13.6. The van der Waals surface area contributed by atoms with E-state index in [1.54, 1.807) is 0 Å². The molecule has 3 N–H and O–H groups in total. The van der Waals surface area contributed by atoms with Crippen LogP contribution in [0.3, 0.4) is 0 Å². The zero-order valence-electron chi connectivity index (χ0n) is 15.9. The van der Waals surface area contributed by atoms with Crippen molar-refractivity contribution >= 4 is 28.0 Å². The molecule has 1 heterocycles. The number of anilines is 3. The SMILES string of the molecule is CC(C)c1ccc(Nc2ncnc(Oc3cccc4ccccc34)c2N)cc1. The Labute approximate surface area is 164 Å². The number of hydrogen-bond acceptors (Lipinski definition) is 5. The summed E-state index contributed by atoms with van der Waals surface area (Å²) in [6.07, 6.45) is 1.45. The number of aromatic nitrogens is 2. The van der Waals surface area contributed by atoms with Crippen LogP contribution < -0.4 is 15.8 Å². The fraction of sp³-hybridized carbons (Fsp3) is 0.130. The van der Waals surface area contributed by atoms with E-state index in [1.807, 2.05) is 54.6 Å². The third-order valence-electron chi connectivity index (χ3n) is 4.64. The molecular weight excluding hydrogens is 348 g/mol. The molecular formula is C23H22N4O. The van der Waals surface area contributed by atoms with E-state index in [4.69, 9.17) is 10.5 Å². The highest BCUT2D eigenvalue weighted by molar-refractivity contribution is 5.88. The van der Waals surface area contributed by atoms with Gasteiger partial charge < -0.3 is 15.8 Å². The number of nitrogen functional groups attached to an aromatic ring is 1. The van der Waals surface area contributed by atoms with Crippen LogP contribution in [0.25, 0.3) is 10.8 Å². The summed E-state index contributed by atoms with van der Waals surface area (Å²) in [5.74, 6) is 2.03. The summed E-state index contributed by atoms with van der Waals surface area (Å²) in [6.45, 7) is 4.34. The minimum absolute atomic E-state index is 0.327. The smallest absolute Gasteiger partial charge is 0.248 e. The molecule has 4 rings (SSSR count). The summed E-state index contributed by atoms with van der Waals surface area (Å²) in [7, 11) is 0. The van der Waals surface area contributed by atoms with Crippen molar-refractivity contribution in [1.82, 2.24) is 9.97 Å². The normalized spacial score (nSPS) is 11.0. The Morgan fingerprint density at radius 1 is 0.893 bits per heavy atom. The van der Waals surface area contributed by atoms with Crippen molar-refractivity contribution in [3.05, 3.63) is 78.6 Å². The first-order valence-electron chi connectivity index (χ1n) is 9.25. The predicted molar refractivity (Wildman–Crippen MR) is 114 cm³/mol. The summed E-state index contributed by atoms with van der Waals surface area (Å²) in [5, 5.41) is 5.34. The van der Waals surface area contributed by atoms with E-state index in [9.17, 15) is 0 Å². The molecule has 0 amide bonds. The lowest BCUT2D eigenvalue weighted by molar-refractivity contribution is 0.470. The zero-order chi connectivity index (χ0) is 19.5. The van der Waals surface area contributed by atoms with Gasteiger partial charge in [-0.2, -0.15) is 4.98 Å². The molecule has 4 aromatic rings. The second-order valence-corrected chi connectivity index (χ2v) is 6.92. The van der Waals surface area contributed by atoms with Crippen LogP contribution in [-0.4, -0.2) is 9.97 Å². The van der Waals surface area contributed by atoms with Gasteiger partial charge in [-0.15, -0.1) is 0 Å². The molecule has 0 fully saturated rings. The minimum atomic E-state index is 0.327. The molecule has 0 radical (unpaired) electrons. The zero-order valence-corrected chi connectivity index (χ0v) is 15.9. The van der Waals surface area contributed by atoms with Gasteiger partial charge in [0.1, 0.15) is 17.8 Å². The molecule has 140 valence electrons. The Morgan fingerprint density at radius 3 is 2.43 bits per heavy atom. The average Bonchev–Trinajstić information content (AvgIpc) is 2.71. The third-order valence-corrected chi connectivity index (χ3v) is 4.64. The van der Waals surface area contributed by atoms with Gasteiger partial charge in [-0.3, -0.25) is 0 Å². The van der Waals surface area contributed by atoms with Crippen molar-refractivity contribution in [2.75, 3.05) is 11.1 Å². The fourth-order valence-electron chi connectivity index (χ4n) is 3.04. The monoisotopic (exact) mass is 370 g/mol. The minimum Gasteiger partial charge on any atom is -0.436 e.